The fourth-order valence-corrected chi connectivity index (χ4v) is 5.59. The third-order valence-electron chi connectivity index (χ3n) is 8.02. The average Bonchev–Trinajstić information content (AvgIpc) is 3.72. The van der Waals surface area contributed by atoms with Gasteiger partial charge in [0.2, 0.25) is 0 Å². The Hall–Kier alpha value is -3.38. The van der Waals surface area contributed by atoms with Crippen LogP contribution in [-0.4, -0.2) is 53.2 Å². The molecule has 1 N–H and O–H groups in total. The highest BCUT2D eigenvalue weighted by atomic mass is 15.4. The van der Waals surface area contributed by atoms with E-state index >= 15 is 0 Å². The molecule has 200 valence electrons. The molecule has 5 rings (SSSR count). The second-order valence-corrected chi connectivity index (χ2v) is 10.8. The Morgan fingerprint density at radius 2 is 1.97 bits per heavy atom. The lowest BCUT2D eigenvalue weighted by molar-refractivity contribution is 0.226. The molecule has 0 bridgehead atoms. The summed E-state index contributed by atoms with van der Waals surface area (Å²) in [6.07, 6.45) is 11.7. The van der Waals surface area contributed by atoms with Crippen LogP contribution in [0.3, 0.4) is 0 Å². The molecule has 0 radical (unpaired) electrons. The van der Waals surface area contributed by atoms with E-state index in [1.807, 2.05) is 19.2 Å². The van der Waals surface area contributed by atoms with Gasteiger partial charge in [0.25, 0.3) is 0 Å². The summed E-state index contributed by atoms with van der Waals surface area (Å²) < 4.78 is 2.06. The van der Waals surface area contributed by atoms with Crippen LogP contribution in [0.2, 0.25) is 0 Å². The smallest absolute Gasteiger partial charge is 0.157 e. The minimum Gasteiger partial charge on any atom is -0.363 e. The zero-order valence-electron chi connectivity index (χ0n) is 23.1. The van der Waals surface area contributed by atoms with Gasteiger partial charge in [-0.3, -0.25) is 0 Å². The number of fused-ring (bicyclic) bond motifs is 1. The van der Waals surface area contributed by atoms with Crippen molar-refractivity contribution in [2.24, 2.45) is 0 Å². The molecule has 2 aromatic heterocycles. The number of benzene rings is 1. The summed E-state index contributed by atoms with van der Waals surface area (Å²) in [5, 5.41) is 8.47. The Balaban J connectivity index is 1.52. The van der Waals surface area contributed by atoms with Crippen LogP contribution in [0.25, 0.3) is 17.4 Å². The van der Waals surface area contributed by atoms with Crippen LogP contribution in [0.4, 0.5) is 5.82 Å². The summed E-state index contributed by atoms with van der Waals surface area (Å²) >= 11 is 0. The van der Waals surface area contributed by atoms with Gasteiger partial charge in [0.15, 0.2) is 5.65 Å². The van der Waals surface area contributed by atoms with Gasteiger partial charge in [0, 0.05) is 61.7 Å². The molecular formula is C32H42N6. The second kappa shape index (κ2) is 11.6. The summed E-state index contributed by atoms with van der Waals surface area (Å²) in [6, 6.07) is 11.3. The molecular weight excluding hydrogens is 468 g/mol. The number of nitrogens with zero attached hydrogens (tertiary/aromatic N) is 5. The van der Waals surface area contributed by atoms with Crippen LogP contribution in [0, 0.1) is 0 Å². The number of hydrogen-bond acceptors (Lipinski definition) is 5. The van der Waals surface area contributed by atoms with Crippen molar-refractivity contribution in [2.45, 2.75) is 56.9 Å². The SMILES string of the molecule is C=CCCc1ccc(C=C)cc1C(=C)N1CCCCC1c1cc2nc(C3CC3)cc(N(C)CCNC)n2n1. The number of aryl methyl sites for hydroxylation is 1. The van der Waals surface area contributed by atoms with E-state index in [0.717, 1.165) is 73.7 Å². The molecule has 1 saturated heterocycles. The minimum atomic E-state index is 0.178. The quantitative estimate of drug-likeness (QED) is 0.293. The monoisotopic (exact) mass is 510 g/mol. The largest absolute Gasteiger partial charge is 0.363 e. The number of allylic oxidation sites excluding steroid dienone is 1. The molecule has 0 spiro atoms. The van der Waals surface area contributed by atoms with Gasteiger partial charge >= 0.3 is 0 Å². The Bertz CT molecular complexity index is 1320. The maximum absolute atomic E-state index is 5.20. The van der Waals surface area contributed by atoms with Crippen molar-refractivity contribution in [2.75, 3.05) is 38.6 Å². The Morgan fingerprint density at radius 3 is 2.71 bits per heavy atom. The van der Waals surface area contributed by atoms with Crippen molar-refractivity contribution >= 4 is 23.2 Å². The molecule has 1 unspecified atom stereocenters. The number of rotatable bonds is 12. The number of aromatic nitrogens is 3. The topological polar surface area (TPSA) is 48.7 Å². The summed E-state index contributed by atoms with van der Waals surface area (Å²) in [4.78, 5) is 9.84. The maximum Gasteiger partial charge on any atom is 0.157 e. The highest BCUT2D eigenvalue weighted by molar-refractivity contribution is 5.69. The number of hydrogen-bond donors (Lipinski definition) is 1. The first kappa shape index (κ1) is 26.2. The second-order valence-electron chi connectivity index (χ2n) is 10.8. The fourth-order valence-electron chi connectivity index (χ4n) is 5.59. The molecule has 6 nitrogen and oxygen atoms in total. The van der Waals surface area contributed by atoms with Crippen molar-refractivity contribution in [3.05, 3.63) is 84.2 Å². The molecule has 1 aliphatic heterocycles. The summed E-state index contributed by atoms with van der Waals surface area (Å²) in [7, 11) is 4.14. The van der Waals surface area contributed by atoms with Crippen molar-refractivity contribution in [1.29, 1.82) is 0 Å². The predicted molar refractivity (Wildman–Crippen MR) is 160 cm³/mol. The molecule has 0 amide bonds. The molecule has 3 heterocycles. The summed E-state index contributed by atoms with van der Waals surface area (Å²) in [6.45, 7) is 15.4. The van der Waals surface area contributed by atoms with Gasteiger partial charge in [-0.15, -0.1) is 6.58 Å². The molecule has 38 heavy (non-hydrogen) atoms. The average molecular weight is 511 g/mol. The van der Waals surface area contributed by atoms with E-state index in [9.17, 15) is 0 Å². The third kappa shape index (κ3) is 5.41. The van der Waals surface area contributed by atoms with E-state index in [1.54, 1.807) is 0 Å². The first-order valence-corrected chi connectivity index (χ1v) is 14.1. The number of piperidine rings is 1. The van der Waals surface area contributed by atoms with Gasteiger partial charge in [-0.25, -0.2) is 4.98 Å². The molecule has 2 aliphatic rings. The Labute approximate surface area is 227 Å². The van der Waals surface area contributed by atoms with Crippen molar-refractivity contribution < 1.29 is 0 Å². The van der Waals surface area contributed by atoms with Gasteiger partial charge in [-0.05, 0) is 69.2 Å². The molecule has 2 fully saturated rings. The molecule has 1 aliphatic carbocycles. The highest BCUT2D eigenvalue weighted by Gasteiger charge is 2.31. The van der Waals surface area contributed by atoms with Crippen LogP contribution in [-0.2, 0) is 6.42 Å². The lowest BCUT2D eigenvalue weighted by atomic mass is 9.93. The van der Waals surface area contributed by atoms with Gasteiger partial charge < -0.3 is 15.1 Å². The van der Waals surface area contributed by atoms with E-state index in [-0.39, 0.29) is 6.04 Å². The van der Waals surface area contributed by atoms with Crippen LogP contribution in [0.1, 0.15) is 78.6 Å². The normalized spacial score (nSPS) is 17.5. The van der Waals surface area contributed by atoms with Crippen molar-refractivity contribution in [1.82, 2.24) is 24.8 Å². The van der Waals surface area contributed by atoms with Crippen LogP contribution < -0.4 is 10.2 Å². The molecule has 1 saturated carbocycles. The first-order chi connectivity index (χ1) is 18.5. The van der Waals surface area contributed by atoms with E-state index in [4.69, 9.17) is 10.1 Å². The standard InChI is InChI=1S/C32H42N6/c1-6-8-11-25-14-13-24(7-2)20-27(25)23(3)37-18-10-9-12-30(37)29-21-31-34-28(26-15-16-26)22-32(38(31)35-29)36(5)19-17-33-4/h6-7,13-14,20-22,26,30,33H,1-3,8-12,15-19H2,4-5H3. The maximum atomic E-state index is 5.20. The molecule has 1 atom stereocenters. The van der Waals surface area contributed by atoms with Crippen molar-refractivity contribution in [3.8, 4) is 0 Å². The zero-order valence-corrected chi connectivity index (χ0v) is 23.1. The minimum absolute atomic E-state index is 0.178. The van der Waals surface area contributed by atoms with Gasteiger partial charge in [0.1, 0.15) is 5.82 Å². The molecule has 1 aromatic carbocycles. The van der Waals surface area contributed by atoms with Gasteiger partial charge in [0.05, 0.1) is 11.7 Å². The predicted octanol–water partition coefficient (Wildman–Crippen LogP) is 6.22. The van der Waals surface area contributed by atoms with Crippen LogP contribution in [0.15, 0.2) is 56.1 Å². The highest BCUT2D eigenvalue weighted by Crippen LogP contribution is 2.41. The lowest BCUT2D eigenvalue weighted by Gasteiger charge is -2.38. The van der Waals surface area contributed by atoms with E-state index in [0.29, 0.717) is 5.92 Å². The van der Waals surface area contributed by atoms with Gasteiger partial charge in [-0.2, -0.15) is 9.61 Å². The van der Waals surface area contributed by atoms with Crippen molar-refractivity contribution in [3.63, 3.8) is 0 Å². The van der Waals surface area contributed by atoms with E-state index in [1.165, 1.54) is 36.1 Å². The number of anilines is 1. The number of likely N-dealkylation sites (tertiary alicyclic amines) is 1. The Morgan fingerprint density at radius 1 is 1.13 bits per heavy atom. The number of nitrogens with one attached hydrogen (secondary N) is 1. The number of likely N-dealkylation sites (N-methyl/N-ethyl adjacent to an activating group) is 2. The third-order valence-corrected chi connectivity index (χ3v) is 8.02. The first-order valence-electron chi connectivity index (χ1n) is 14.1. The summed E-state index contributed by atoms with van der Waals surface area (Å²) in [5.74, 6) is 1.71. The lowest BCUT2D eigenvalue weighted by Crippen LogP contribution is -2.32. The zero-order chi connectivity index (χ0) is 26.6. The Kier molecular flexibility index (Phi) is 7.98. The van der Waals surface area contributed by atoms with E-state index in [2.05, 4.69) is 76.7 Å². The molecule has 6 heteroatoms. The van der Waals surface area contributed by atoms with Crippen LogP contribution >= 0.6 is 0 Å². The molecule has 3 aromatic rings. The summed E-state index contributed by atoms with van der Waals surface area (Å²) in [5.41, 5.74) is 7.96. The van der Waals surface area contributed by atoms with Crippen LogP contribution in [0.5, 0.6) is 0 Å². The van der Waals surface area contributed by atoms with Gasteiger partial charge in [-0.1, -0.05) is 37.4 Å². The van der Waals surface area contributed by atoms with E-state index < -0.39 is 0 Å². The fraction of sp³-hybridized carbons (Fsp3) is 0.438.